The first-order valence-corrected chi connectivity index (χ1v) is 8.39. The zero-order valence-electron chi connectivity index (χ0n) is 14.3. The fourth-order valence-electron chi connectivity index (χ4n) is 3.25. The molecule has 1 aliphatic rings. The molecule has 2 amide bonds. The molecule has 6 heteroatoms. The first-order valence-electron chi connectivity index (χ1n) is 8.39. The molecular weight excluding hydrogens is 338 g/mol. The van der Waals surface area contributed by atoms with Gasteiger partial charge in [-0.3, -0.25) is 9.59 Å². The van der Waals surface area contributed by atoms with E-state index in [1.807, 2.05) is 37.3 Å². The van der Waals surface area contributed by atoms with Crippen LogP contribution in [0, 0.1) is 5.92 Å². The van der Waals surface area contributed by atoms with Crippen molar-refractivity contribution in [2.45, 2.75) is 19.4 Å². The Morgan fingerprint density at radius 3 is 2.64 bits per heavy atom. The van der Waals surface area contributed by atoms with Crippen LogP contribution in [0.2, 0.25) is 0 Å². The Balaban J connectivity index is 0.00000225. The fourth-order valence-corrected chi connectivity index (χ4v) is 3.25. The van der Waals surface area contributed by atoms with Crippen LogP contribution >= 0.6 is 12.4 Å². The molecule has 1 fully saturated rings. The SMILES string of the molecule is CCN1CC(C(=O)NC(CN)c2ccc3ccccc3c2)CC1=O.Cl. The molecule has 0 radical (unpaired) electrons. The van der Waals surface area contributed by atoms with Gasteiger partial charge < -0.3 is 16.0 Å². The number of fused-ring (bicyclic) bond motifs is 1. The Bertz CT molecular complexity index is 765. The molecule has 1 aliphatic heterocycles. The smallest absolute Gasteiger partial charge is 0.225 e. The minimum atomic E-state index is -0.285. The third-order valence-electron chi connectivity index (χ3n) is 4.70. The maximum atomic E-state index is 12.5. The number of amides is 2. The van der Waals surface area contributed by atoms with Crippen molar-refractivity contribution in [1.29, 1.82) is 0 Å². The van der Waals surface area contributed by atoms with E-state index in [1.165, 1.54) is 0 Å². The summed E-state index contributed by atoms with van der Waals surface area (Å²) >= 11 is 0. The molecule has 0 spiro atoms. The van der Waals surface area contributed by atoms with E-state index < -0.39 is 0 Å². The first-order chi connectivity index (χ1) is 11.6. The van der Waals surface area contributed by atoms with Crippen LogP contribution in [0.25, 0.3) is 10.8 Å². The molecule has 1 saturated heterocycles. The average Bonchev–Trinajstić information content (AvgIpc) is 3.00. The van der Waals surface area contributed by atoms with Gasteiger partial charge in [0.25, 0.3) is 0 Å². The minimum Gasteiger partial charge on any atom is -0.348 e. The van der Waals surface area contributed by atoms with Gasteiger partial charge in [-0.15, -0.1) is 12.4 Å². The molecule has 134 valence electrons. The molecule has 25 heavy (non-hydrogen) atoms. The molecule has 3 rings (SSSR count). The summed E-state index contributed by atoms with van der Waals surface area (Å²) in [5, 5.41) is 5.29. The number of likely N-dealkylation sites (tertiary alicyclic amines) is 1. The van der Waals surface area contributed by atoms with Crippen molar-refractivity contribution >= 4 is 35.0 Å². The molecule has 2 atom stereocenters. The second-order valence-corrected chi connectivity index (χ2v) is 6.24. The zero-order valence-corrected chi connectivity index (χ0v) is 15.1. The summed E-state index contributed by atoms with van der Waals surface area (Å²) in [7, 11) is 0. The largest absolute Gasteiger partial charge is 0.348 e. The van der Waals surface area contributed by atoms with E-state index >= 15 is 0 Å². The number of hydrogen-bond acceptors (Lipinski definition) is 3. The molecule has 0 bridgehead atoms. The molecule has 5 nitrogen and oxygen atoms in total. The maximum Gasteiger partial charge on any atom is 0.225 e. The quantitative estimate of drug-likeness (QED) is 0.857. The monoisotopic (exact) mass is 361 g/mol. The number of carbonyl (C=O) groups is 2. The van der Waals surface area contributed by atoms with E-state index in [2.05, 4.69) is 17.4 Å². The molecule has 3 N–H and O–H groups in total. The second-order valence-electron chi connectivity index (χ2n) is 6.24. The van der Waals surface area contributed by atoms with E-state index in [-0.39, 0.29) is 42.6 Å². The summed E-state index contributed by atoms with van der Waals surface area (Å²) in [6, 6.07) is 13.9. The van der Waals surface area contributed by atoms with Crippen LogP contribution in [0.4, 0.5) is 0 Å². The Hall–Kier alpha value is -2.11. The minimum absolute atomic E-state index is 0. The van der Waals surface area contributed by atoms with Crippen LogP contribution in [0.5, 0.6) is 0 Å². The van der Waals surface area contributed by atoms with Gasteiger partial charge in [0.1, 0.15) is 0 Å². The van der Waals surface area contributed by atoms with Gasteiger partial charge in [-0.1, -0.05) is 36.4 Å². The lowest BCUT2D eigenvalue weighted by Crippen LogP contribution is -2.38. The van der Waals surface area contributed by atoms with E-state index in [0.717, 1.165) is 16.3 Å². The lowest BCUT2D eigenvalue weighted by Gasteiger charge is -2.20. The molecule has 2 aromatic carbocycles. The van der Waals surface area contributed by atoms with Gasteiger partial charge in [-0.2, -0.15) is 0 Å². The van der Waals surface area contributed by atoms with Crippen molar-refractivity contribution in [1.82, 2.24) is 10.2 Å². The van der Waals surface area contributed by atoms with Gasteiger partial charge in [0.15, 0.2) is 0 Å². The average molecular weight is 362 g/mol. The number of halogens is 1. The Kier molecular flexibility index (Phi) is 6.39. The highest BCUT2D eigenvalue weighted by Gasteiger charge is 2.34. The van der Waals surface area contributed by atoms with Crippen molar-refractivity contribution < 1.29 is 9.59 Å². The highest BCUT2D eigenvalue weighted by Crippen LogP contribution is 2.22. The Morgan fingerprint density at radius 2 is 2.00 bits per heavy atom. The van der Waals surface area contributed by atoms with Gasteiger partial charge in [0.05, 0.1) is 12.0 Å². The lowest BCUT2D eigenvalue weighted by molar-refractivity contribution is -0.129. The molecule has 0 aliphatic carbocycles. The highest BCUT2D eigenvalue weighted by molar-refractivity contribution is 5.89. The number of nitrogens with one attached hydrogen (secondary N) is 1. The summed E-state index contributed by atoms with van der Waals surface area (Å²) in [4.78, 5) is 26.0. The Morgan fingerprint density at radius 1 is 1.28 bits per heavy atom. The Labute approximate surface area is 154 Å². The molecule has 2 unspecified atom stereocenters. The van der Waals surface area contributed by atoms with Gasteiger partial charge in [0, 0.05) is 26.1 Å². The number of nitrogens with zero attached hydrogens (tertiary/aromatic N) is 1. The predicted octanol–water partition coefficient (Wildman–Crippen LogP) is 2.25. The van der Waals surface area contributed by atoms with Crippen LogP contribution in [-0.4, -0.2) is 36.3 Å². The first kappa shape index (κ1) is 19.2. The summed E-state index contributed by atoms with van der Waals surface area (Å²) in [6.07, 6.45) is 0.286. The molecule has 0 aromatic heterocycles. The van der Waals surface area contributed by atoms with Gasteiger partial charge in [-0.05, 0) is 29.3 Å². The van der Waals surface area contributed by atoms with Gasteiger partial charge >= 0.3 is 0 Å². The van der Waals surface area contributed by atoms with Gasteiger partial charge in [-0.25, -0.2) is 0 Å². The third-order valence-corrected chi connectivity index (χ3v) is 4.70. The van der Waals surface area contributed by atoms with E-state index in [4.69, 9.17) is 5.73 Å². The van der Waals surface area contributed by atoms with E-state index in [9.17, 15) is 9.59 Å². The molecule has 0 saturated carbocycles. The van der Waals surface area contributed by atoms with Crippen LogP contribution in [0.3, 0.4) is 0 Å². The van der Waals surface area contributed by atoms with Crippen molar-refractivity contribution in [2.24, 2.45) is 11.7 Å². The number of nitrogens with two attached hydrogens (primary N) is 1. The second kappa shape index (κ2) is 8.32. The van der Waals surface area contributed by atoms with Crippen LogP contribution < -0.4 is 11.1 Å². The molecule has 2 aromatic rings. The summed E-state index contributed by atoms with van der Waals surface area (Å²) < 4.78 is 0. The summed E-state index contributed by atoms with van der Waals surface area (Å²) in [6.45, 7) is 3.39. The van der Waals surface area contributed by atoms with Crippen molar-refractivity contribution in [3.63, 3.8) is 0 Å². The standard InChI is InChI=1S/C19H23N3O2.ClH/c1-2-22-12-16(10-18(22)23)19(24)21-17(11-20)15-8-7-13-5-3-4-6-14(13)9-15;/h3-9,16-17H,2,10-12,20H2,1H3,(H,21,24);1H. The van der Waals surface area contributed by atoms with Crippen molar-refractivity contribution in [3.05, 3.63) is 48.0 Å². The lowest BCUT2D eigenvalue weighted by atomic mass is 10.0. The van der Waals surface area contributed by atoms with Crippen LogP contribution in [0.15, 0.2) is 42.5 Å². The summed E-state index contributed by atoms with van der Waals surface area (Å²) in [5.41, 5.74) is 6.87. The van der Waals surface area contributed by atoms with E-state index in [0.29, 0.717) is 19.6 Å². The maximum absolute atomic E-state index is 12.5. The number of carbonyl (C=O) groups excluding carboxylic acids is 2. The number of benzene rings is 2. The van der Waals surface area contributed by atoms with Gasteiger partial charge in [0.2, 0.25) is 11.8 Å². The molecule has 1 heterocycles. The van der Waals surface area contributed by atoms with Crippen molar-refractivity contribution in [2.75, 3.05) is 19.6 Å². The number of rotatable bonds is 5. The fraction of sp³-hybridized carbons (Fsp3) is 0.368. The van der Waals surface area contributed by atoms with Crippen molar-refractivity contribution in [3.8, 4) is 0 Å². The van der Waals surface area contributed by atoms with E-state index in [1.54, 1.807) is 4.90 Å². The van der Waals surface area contributed by atoms with Crippen LogP contribution in [-0.2, 0) is 9.59 Å². The topological polar surface area (TPSA) is 75.4 Å². The number of hydrogen-bond donors (Lipinski definition) is 2. The highest BCUT2D eigenvalue weighted by atomic mass is 35.5. The third kappa shape index (κ3) is 4.11. The zero-order chi connectivity index (χ0) is 17.1. The molecular formula is C19H24ClN3O2. The predicted molar refractivity (Wildman–Crippen MR) is 101 cm³/mol. The normalized spacial score (nSPS) is 18.1. The van der Waals surface area contributed by atoms with Crippen LogP contribution in [0.1, 0.15) is 24.9 Å². The summed E-state index contributed by atoms with van der Waals surface area (Å²) in [5.74, 6) is -0.331.